The number of aliphatic hydroxyl groups is 2. The van der Waals surface area contributed by atoms with Gasteiger partial charge in [-0.1, -0.05) is 39.0 Å². The highest BCUT2D eigenvalue weighted by atomic mass is 16.3. The standard InChI is InChI=1S/C8H19N.C2H6O2/c1-2-3-4-5-6-7-8-9;3-1-2-4/h2-9H2,1H3;3-4H,1-2H2. The van der Waals surface area contributed by atoms with Crippen LogP contribution in [-0.4, -0.2) is 30.0 Å². The highest BCUT2D eigenvalue weighted by Gasteiger charge is 1.85. The first kappa shape index (κ1) is 15.4. The fraction of sp³-hybridized carbons (Fsp3) is 1.00. The number of unbranched alkanes of at least 4 members (excludes halogenated alkanes) is 5. The molecule has 0 unspecified atom stereocenters. The molecule has 3 heteroatoms. The van der Waals surface area contributed by atoms with Gasteiger partial charge in [-0.15, -0.1) is 0 Å². The predicted molar refractivity (Wildman–Crippen MR) is 56.6 cm³/mol. The fourth-order valence-electron chi connectivity index (χ4n) is 0.925. The highest BCUT2D eigenvalue weighted by Crippen LogP contribution is 2.03. The van der Waals surface area contributed by atoms with Crippen LogP contribution < -0.4 is 5.73 Å². The van der Waals surface area contributed by atoms with Crippen LogP contribution in [0.25, 0.3) is 0 Å². The molecule has 13 heavy (non-hydrogen) atoms. The van der Waals surface area contributed by atoms with Crippen LogP contribution in [0.2, 0.25) is 0 Å². The molecule has 0 saturated heterocycles. The van der Waals surface area contributed by atoms with Gasteiger partial charge in [-0.05, 0) is 13.0 Å². The summed E-state index contributed by atoms with van der Waals surface area (Å²) in [4.78, 5) is 0. The quantitative estimate of drug-likeness (QED) is 0.531. The summed E-state index contributed by atoms with van der Waals surface area (Å²) < 4.78 is 0. The molecule has 0 rings (SSSR count). The summed E-state index contributed by atoms with van der Waals surface area (Å²) in [7, 11) is 0. The van der Waals surface area contributed by atoms with Gasteiger partial charge in [-0.3, -0.25) is 0 Å². The van der Waals surface area contributed by atoms with Gasteiger partial charge in [0.25, 0.3) is 0 Å². The Morgan fingerprint density at radius 2 is 1.31 bits per heavy atom. The van der Waals surface area contributed by atoms with Gasteiger partial charge in [0, 0.05) is 0 Å². The number of nitrogens with two attached hydrogens (primary N) is 1. The molecule has 0 spiro atoms. The molecule has 0 bridgehead atoms. The maximum atomic E-state index is 7.62. The fourth-order valence-corrected chi connectivity index (χ4v) is 0.925. The summed E-state index contributed by atoms with van der Waals surface area (Å²) in [6.45, 7) is 2.86. The normalized spacial score (nSPS) is 9.23. The predicted octanol–water partition coefficient (Wildman–Crippen LogP) is 1.28. The molecule has 0 amide bonds. The largest absolute Gasteiger partial charge is 0.394 e. The third kappa shape index (κ3) is 24.5. The molecule has 0 aromatic rings. The van der Waals surface area contributed by atoms with E-state index in [0.717, 1.165) is 6.54 Å². The van der Waals surface area contributed by atoms with E-state index >= 15 is 0 Å². The Morgan fingerprint density at radius 3 is 1.69 bits per heavy atom. The van der Waals surface area contributed by atoms with Gasteiger partial charge in [0.15, 0.2) is 0 Å². The molecular formula is C10H25NO2. The lowest BCUT2D eigenvalue weighted by Crippen LogP contribution is -1.97. The van der Waals surface area contributed by atoms with Crippen LogP contribution in [0.5, 0.6) is 0 Å². The number of aliphatic hydroxyl groups excluding tert-OH is 2. The third-order valence-electron chi connectivity index (χ3n) is 1.66. The van der Waals surface area contributed by atoms with Crippen LogP contribution in [0.3, 0.4) is 0 Å². The molecule has 3 nitrogen and oxygen atoms in total. The first-order chi connectivity index (χ1) is 6.33. The molecule has 0 aliphatic heterocycles. The summed E-state index contributed by atoms with van der Waals surface area (Å²) >= 11 is 0. The molecule has 0 aromatic carbocycles. The molecule has 0 radical (unpaired) electrons. The maximum Gasteiger partial charge on any atom is 0.0662 e. The summed E-state index contributed by atoms with van der Waals surface area (Å²) in [5, 5.41) is 15.2. The van der Waals surface area contributed by atoms with Crippen molar-refractivity contribution in [2.75, 3.05) is 19.8 Å². The van der Waals surface area contributed by atoms with Crippen LogP contribution in [0.4, 0.5) is 0 Å². The van der Waals surface area contributed by atoms with Crippen LogP contribution >= 0.6 is 0 Å². The van der Waals surface area contributed by atoms with Crippen LogP contribution in [0.1, 0.15) is 45.4 Å². The molecule has 0 aliphatic carbocycles. The van der Waals surface area contributed by atoms with Crippen LogP contribution in [0, 0.1) is 0 Å². The SMILES string of the molecule is CCCCCCCCN.OCCO. The lowest BCUT2D eigenvalue weighted by molar-refractivity contribution is 0.186. The summed E-state index contributed by atoms with van der Waals surface area (Å²) in [5.74, 6) is 0. The van der Waals surface area contributed by atoms with Crippen molar-refractivity contribution in [3.8, 4) is 0 Å². The van der Waals surface area contributed by atoms with Crippen molar-refractivity contribution in [3.63, 3.8) is 0 Å². The molecule has 0 aliphatic rings. The van der Waals surface area contributed by atoms with Crippen molar-refractivity contribution in [2.24, 2.45) is 5.73 Å². The number of hydrogen-bond donors (Lipinski definition) is 3. The van der Waals surface area contributed by atoms with E-state index in [0.29, 0.717) is 0 Å². The van der Waals surface area contributed by atoms with Gasteiger partial charge in [0.1, 0.15) is 0 Å². The van der Waals surface area contributed by atoms with E-state index in [9.17, 15) is 0 Å². The molecule has 0 heterocycles. The number of rotatable bonds is 7. The van der Waals surface area contributed by atoms with Gasteiger partial charge < -0.3 is 15.9 Å². The van der Waals surface area contributed by atoms with Gasteiger partial charge in [-0.25, -0.2) is 0 Å². The second-order valence-corrected chi connectivity index (χ2v) is 3.00. The average molecular weight is 191 g/mol. The Balaban J connectivity index is 0. The van der Waals surface area contributed by atoms with Crippen molar-refractivity contribution in [3.05, 3.63) is 0 Å². The van der Waals surface area contributed by atoms with E-state index in [4.69, 9.17) is 15.9 Å². The van der Waals surface area contributed by atoms with Crippen molar-refractivity contribution in [2.45, 2.75) is 45.4 Å². The van der Waals surface area contributed by atoms with Crippen LogP contribution in [-0.2, 0) is 0 Å². The summed E-state index contributed by atoms with van der Waals surface area (Å²) in [6.07, 6.45) is 8.05. The zero-order valence-electron chi connectivity index (χ0n) is 8.84. The molecule has 0 fully saturated rings. The summed E-state index contributed by atoms with van der Waals surface area (Å²) in [5.41, 5.74) is 5.34. The lowest BCUT2D eigenvalue weighted by atomic mass is 10.1. The minimum Gasteiger partial charge on any atom is -0.394 e. The van der Waals surface area contributed by atoms with Crippen molar-refractivity contribution >= 4 is 0 Å². The second-order valence-electron chi connectivity index (χ2n) is 3.00. The molecule has 0 aromatic heterocycles. The maximum absolute atomic E-state index is 7.62. The Morgan fingerprint density at radius 1 is 0.846 bits per heavy atom. The smallest absolute Gasteiger partial charge is 0.0662 e. The minimum absolute atomic E-state index is 0.125. The average Bonchev–Trinajstić information content (AvgIpc) is 2.18. The minimum atomic E-state index is -0.125. The van der Waals surface area contributed by atoms with E-state index in [-0.39, 0.29) is 13.2 Å². The van der Waals surface area contributed by atoms with E-state index in [2.05, 4.69) is 6.92 Å². The van der Waals surface area contributed by atoms with Crippen molar-refractivity contribution in [1.29, 1.82) is 0 Å². The van der Waals surface area contributed by atoms with Gasteiger partial charge >= 0.3 is 0 Å². The van der Waals surface area contributed by atoms with Gasteiger partial charge in [0.2, 0.25) is 0 Å². The first-order valence-electron chi connectivity index (χ1n) is 5.25. The zero-order chi connectivity index (χ0) is 10.4. The molecule has 4 N–H and O–H groups in total. The van der Waals surface area contributed by atoms with Gasteiger partial charge in [-0.2, -0.15) is 0 Å². The molecule has 0 atom stereocenters. The van der Waals surface area contributed by atoms with E-state index in [1.54, 1.807) is 0 Å². The Hall–Kier alpha value is -0.120. The summed E-state index contributed by atoms with van der Waals surface area (Å²) in [6, 6.07) is 0. The van der Waals surface area contributed by atoms with Crippen molar-refractivity contribution < 1.29 is 10.2 Å². The Bertz CT molecular complexity index is 61.9. The zero-order valence-corrected chi connectivity index (χ0v) is 8.84. The van der Waals surface area contributed by atoms with Crippen LogP contribution in [0.15, 0.2) is 0 Å². The van der Waals surface area contributed by atoms with E-state index in [1.165, 1.54) is 38.5 Å². The second kappa shape index (κ2) is 17.8. The number of hydrogen-bond acceptors (Lipinski definition) is 3. The third-order valence-corrected chi connectivity index (χ3v) is 1.66. The first-order valence-corrected chi connectivity index (χ1v) is 5.25. The van der Waals surface area contributed by atoms with Gasteiger partial charge in [0.05, 0.1) is 13.2 Å². The van der Waals surface area contributed by atoms with E-state index in [1.807, 2.05) is 0 Å². The Labute approximate surface area is 82.0 Å². The topological polar surface area (TPSA) is 66.5 Å². The molecular weight excluding hydrogens is 166 g/mol. The molecule has 82 valence electrons. The van der Waals surface area contributed by atoms with E-state index < -0.39 is 0 Å². The molecule has 0 saturated carbocycles. The lowest BCUT2D eigenvalue weighted by Gasteiger charge is -1.96. The van der Waals surface area contributed by atoms with Crippen molar-refractivity contribution in [1.82, 2.24) is 0 Å². The Kier molecular flexibility index (Phi) is 21.1. The monoisotopic (exact) mass is 191 g/mol. The highest BCUT2D eigenvalue weighted by molar-refractivity contribution is 4.43.